The molecule has 0 aromatic rings. The second-order valence-corrected chi connectivity index (χ2v) is 4.52. The fourth-order valence-corrected chi connectivity index (χ4v) is 1.64. The van der Waals surface area contributed by atoms with Crippen LogP contribution in [-0.4, -0.2) is 42.1 Å². The summed E-state index contributed by atoms with van der Waals surface area (Å²) in [5.74, 6) is -4.74. The Morgan fingerprint density at radius 2 is 0.750 bits per heavy atom. The fraction of sp³-hybridized carbons (Fsp3) is 0.778. The minimum atomic E-state index is -8.75. The highest BCUT2D eigenvalue weighted by atomic mass is 19.4. The van der Waals surface area contributed by atoms with Crippen molar-refractivity contribution in [2.24, 2.45) is 0 Å². The van der Waals surface area contributed by atoms with Crippen LogP contribution in [0.25, 0.3) is 0 Å². The van der Waals surface area contributed by atoms with Gasteiger partial charge in [0.15, 0.2) is 0 Å². The highest BCUT2D eigenvalue weighted by Gasteiger charge is 2.97. The first-order valence-electron chi connectivity index (χ1n) is 5.56. The van der Waals surface area contributed by atoms with E-state index in [2.05, 4.69) is 0 Å². The molecule has 0 spiro atoms. The summed E-state index contributed by atoms with van der Waals surface area (Å²) >= 11 is 0. The van der Waals surface area contributed by atoms with Crippen molar-refractivity contribution in [3.63, 3.8) is 0 Å². The normalized spacial score (nSPS) is 15.6. The van der Waals surface area contributed by atoms with Gasteiger partial charge in [0.25, 0.3) is 5.83 Å². The van der Waals surface area contributed by atoms with Crippen molar-refractivity contribution in [3.05, 3.63) is 11.9 Å². The molecule has 0 heterocycles. The lowest BCUT2D eigenvalue weighted by Crippen LogP contribution is -2.80. The molecular formula is C9F18O. The average Bonchev–Trinajstić information content (AvgIpc) is 2.37. The second-order valence-electron chi connectivity index (χ2n) is 4.52. The Morgan fingerprint density at radius 3 is 0.929 bits per heavy atom. The van der Waals surface area contributed by atoms with Crippen LogP contribution in [0.15, 0.2) is 11.9 Å². The molecule has 0 amide bonds. The molecule has 0 aromatic heterocycles. The van der Waals surface area contributed by atoms with Gasteiger partial charge in [0.05, 0.1) is 0 Å². The SMILES string of the molecule is FC(F)=C(F)C(F)(F)OC(C(F)(F)F)(C(F)(F)F)C(F)(C(F)(F)F)C(F)(F)F. The Bertz CT molecular complexity index is 567. The second kappa shape index (κ2) is 6.75. The first-order chi connectivity index (χ1) is 11.8. The van der Waals surface area contributed by atoms with Crippen LogP contribution >= 0.6 is 0 Å². The molecule has 19 heteroatoms. The third kappa shape index (κ3) is 3.80. The third-order valence-corrected chi connectivity index (χ3v) is 2.77. The van der Waals surface area contributed by atoms with Gasteiger partial charge in [-0.05, 0) is 0 Å². The van der Waals surface area contributed by atoms with Crippen molar-refractivity contribution in [2.75, 3.05) is 0 Å². The third-order valence-electron chi connectivity index (χ3n) is 2.77. The lowest BCUT2D eigenvalue weighted by molar-refractivity contribution is -0.514. The summed E-state index contributed by atoms with van der Waals surface area (Å²) in [4.78, 5) is 0. The van der Waals surface area contributed by atoms with Crippen LogP contribution in [0.5, 0.6) is 0 Å². The molecule has 0 aliphatic carbocycles. The number of hydrogen-bond donors (Lipinski definition) is 0. The zero-order valence-electron chi connectivity index (χ0n) is 11.7. The summed E-state index contributed by atoms with van der Waals surface area (Å²) in [6, 6.07) is 0. The number of halogens is 18. The van der Waals surface area contributed by atoms with Gasteiger partial charge in [0.2, 0.25) is 0 Å². The molecule has 0 N–H and O–H groups in total. The summed E-state index contributed by atoms with van der Waals surface area (Å²) in [6.45, 7) is 0. The largest absolute Gasteiger partial charge is 0.435 e. The molecule has 0 unspecified atom stereocenters. The zero-order chi connectivity index (χ0) is 23.4. The van der Waals surface area contributed by atoms with Gasteiger partial charge in [-0.2, -0.15) is 74.6 Å². The summed E-state index contributed by atoms with van der Waals surface area (Å²) in [7, 11) is 0. The van der Waals surface area contributed by atoms with Gasteiger partial charge >= 0.3 is 48.2 Å². The predicted octanol–water partition coefficient (Wildman–Crippen LogP) is 6.37. The Kier molecular flexibility index (Phi) is 6.38. The van der Waals surface area contributed by atoms with Crippen LogP contribution in [0.1, 0.15) is 0 Å². The van der Waals surface area contributed by atoms with Gasteiger partial charge in [-0.15, -0.1) is 0 Å². The molecule has 1 nitrogen and oxygen atoms in total. The van der Waals surface area contributed by atoms with Crippen molar-refractivity contribution in [3.8, 4) is 0 Å². The van der Waals surface area contributed by atoms with E-state index in [1.807, 2.05) is 0 Å². The summed E-state index contributed by atoms with van der Waals surface area (Å²) in [5.41, 5.74) is -17.4. The molecule has 0 radical (unpaired) electrons. The Labute approximate surface area is 139 Å². The zero-order valence-corrected chi connectivity index (χ0v) is 11.7. The quantitative estimate of drug-likeness (QED) is 0.438. The highest BCUT2D eigenvalue weighted by Crippen LogP contribution is 2.65. The van der Waals surface area contributed by atoms with E-state index in [4.69, 9.17) is 0 Å². The van der Waals surface area contributed by atoms with Crippen LogP contribution in [0, 0.1) is 0 Å². The van der Waals surface area contributed by atoms with Crippen LogP contribution in [0.4, 0.5) is 79.0 Å². The maximum Gasteiger partial charge on any atom is 0.435 e. The molecule has 0 aromatic carbocycles. The molecule has 0 bridgehead atoms. The molecule has 168 valence electrons. The average molecular weight is 466 g/mol. The van der Waals surface area contributed by atoms with Crippen molar-refractivity contribution in [1.82, 2.24) is 0 Å². The van der Waals surface area contributed by atoms with Gasteiger partial charge in [-0.1, -0.05) is 0 Å². The van der Waals surface area contributed by atoms with E-state index in [0.29, 0.717) is 0 Å². The van der Waals surface area contributed by atoms with Gasteiger partial charge < -0.3 is 0 Å². The maximum atomic E-state index is 13.6. The van der Waals surface area contributed by atoms with Crippen LogP contribution < -0.4 is 0 Å². The van der Waals surface area contributed by atoms with E-state index in [-0.39, 0.29) is 0 Å². The Morgan fingerprint density at radius 1 is 0.464 bits per heavy atom. The molecule has 0 fully saturated rings. The first-order valence-corrected chi connectivity index (χ1v) is 5.56. The Balaban J connectivity index is 7.54. The van der Waals surface area contributed by atoms with Crippen LogP contribution in [-0.2, 0) is 4.74 Å². The summed E-state index contributed by atoms with van der Waals surface area (Å²) in [6.07, 6.45) is -45.4. The molecule has 0 saturated heterocycles. The number of alkyl halides is 15. The number of hydrogen-bond acceptors (Lipinski definition) is 1. The Hall–Kier alpha value is -1.56. The predicted molar refractivity (Wildman–Crippen MR) is 47.2 cm³/mol. The van der Waals surface area contributed by atoms with E-state index in [9.17, 15) is 79.0 Å². The lowest BCUT2D eigenvalue weighted by atomic mass is 9.80. The summed E-state index contributed by atoms with van der Waals surface area (Å²) < 4.78 is 227. The van der Waals surface area contributed by atoms with E-state index >= 15 is 0 Å². The number of rotatable bonds is 4. The molecule has 0 atom stereocenters. The van der Waals surface area contributed by atoms with Gasteiger partial charge in [-0.3, -0.25) is 4.74 Å². The number of ether oxygens (including phenoxy) is 1. The minimum absolute atomic E-state index is 1.28. The van der Waals surface area contributed by atoms with Gasteiger partial charge in [-0.25, -0.2) is 4.39 Å². The van der Waals surface area contributed by atoms with Crippen molar-refractivity contribution >= 4 is 0 Å². The standard InChI is InChI=1S/C9F18O/c10-1(2(11)12)3(13,14)28-5(8(22,23)24,9(25,26)27)4(15,6(16,17)18)7(19,20)21. The van der Waals surface area contributed by atoms with E-state index in [0.717, 1.165) is 0 Å². The molecular weight excluding hydrogens is 466 g/mol. The minimum Gasteiger partial charge on any atom is -0.285 e. The van der Waals surface area contributed by atoms with Gasteiger partial charge in [0, 0.05) is 0 Å². The van der Waals surface area contributed by atoms with Crippen molar-refractivity contribution in [2.45, 2.75) is 42.1 Å². The molecule has 0 aliphatic heterocycles. The van der Waals surface area contributed by atoms with Crippen LogP contribution in [0.3, 0.4) is 0 Å². The van der Waals surface area contributed by atoms with Crippen molar-refractivity contribution < 1.29 is 83.8 Å². The topological polar surface area (TPSA) is 9.23 Å². The smallest absolute Gasteiger partial charge is 0.285 e. The lowest BCUT2D eigenvalue weighted by Gasteiger charge is -2.47. The molecule has 0 rings (SSSR count). The van der Waals surface area contributed by atoms with Gasteiger partial charge in [0.1, 0.15) is 0 Å². The summed E-state index contributed by atoms with van der Waals surface area (Å²) in [5, 5.41) is 0. The van der Waals surface area contributed by atoms with E-state index < -0.39 is 54.0 Å². The molecule has 28 heavy (non-hydrogen) atoms. The van der Waals surface area contributed by atoms with Crippen LogP contribution in [0.2, 0.25) is 0 Å². The fourth-order valence-electron chi connectivity index (χ4n) is 1.64. The van der Waals surface area contributed by atoms with E-state index in [1.165, 1.54) is 4.74 Å². The first kappa shape index (κ1) is 26.4. The maximum absolute atomic E-state index is 13.6. The molecule has 0 saturated carbocycles. The monoisotopic (exact) mass is 466 g/mol. The van der Waals surface area contributed by atoms with Crippen molar-refractivity contribution in [1.29, 1.82) is 0 Å². The molecule has 0 aliphatic rings. The highest BCUT2D eigenvalue weighted by molar-refractivity contribution is 5.20. The van der Waals surface area contributed by atoms with E-state index in [1.54, 1.807) is 0 Å².